The van der Waals surface area contributed by atoms with Crippen molar-refractivity contribution in [1.29, 1.82) is 0 Å². The van der Waals surface area contributed by atoms with Gasteiger partial charge < -0.3 is 19.1 Å². The molecule has 1 aliphatic heterocycles. The van der Waals surface area contributed by atoms with Crippen LogP contribution < -0.4 is 9.64 Å². The molecule has 1 heterocycles. The Balaban J connectivity index is 1.60. The molecule has 1 saturated heterocycles. The number of benzene rings is 2. The van der Waals surface area contributed by atoms with Crippen molar-refractivity contribution in [2.75, 3.05) is 44.4 Å². The molecule has 0 atom stereocenters. The lowest BCUT2D eigenvalue weighted by molar-refractivity contribution is -0.384. The Labute approximate surface area is 166 Å². The lowest BCUT2D eigenvalue weighted by Gasteiger charge is -2.28. The maximum Gasteiger partial charge on any atom is 0.338 e. The molecule has 0 spiro atoms. The Morgan fingerprint density at radius 2 is 1.96 bits per heavy atom. The molecule has 0 saturated carbocycles. The first-order chi connectivity index (χ1) is 13.5. The van der Waals surface area contributed by atoms with Gasteiger partial charge in [-0.25, -0.2) is 4.79 Å². The van der Waals surface area contributed by atoms with Crippen LogP contribution in [0.25, 0.3) is 0 Å². The fourth-order valence-corrected chi connectivity index (χ4v) is 2.98. The van der Waals surface area contributed by atoms with Gasteiger partial charge in [-0.15, -0.1) is 0 Å². The van der Waals surface area contributed by atoms with Gasteiger partial charge in [-0.2, -0.15) is 0 Å². The van der Waals surface area contributed by atoms with Crippen LogP contribution in [-0.4, -0.2) is 50.4 Å². The Morgan fingerprint density at radius 3 is 2.68 bits per heavy atom. The lowest BCUT2D eigenvalue weighted by Crippen LogP contribution is -2.36. The van der Waals surface area contributed by atoms with Gasteiger partial charge in [-0.1, -0.05) is 17.7 Å². The fraction of sp³-hybridized carbons (Fsp3) is 0.316. The summed E-state index contributed by atoms with van der Waals surface area (Å²) in [6.45, 7) is 2.28. The average molecular weight is 407 g/mol. The summed E-state index contributed by atoms with van der Waals surface area (Å²) in [6.07, 6.45) is 0. The van der Waals surface area contributed by atoms with Crippen molar-refractivity contribution >= 4 is 28.9 Å². The highest BCUT2D eigenvalue weighted by Gasteiger charge is 2.23. The van der Waals surface area contributed by atoms with Gasteiger partial charge in [-0.05, 0) is 30.3 Å². The SMILES string of the molecule is O=C(OCCOc1cccc(Cl)c1)c1ccc(N2CCOCC2)c([N+](=O)[O-])c1. The summed E-state index contributed by atoms with van der Waals surface area (Å²) >= 11 is 5.87. The van der Waals surface area contributed by atoms with Gasteiger partial charge in [0.1, 0.15) is 24.7 Å². The molecular formula is C19H19ClN2O6. The van der Waals surface area contributed by atoms with Gasteiger partial charge in [-0.3, -0.25) is 10.1 Å². The van der Waals surface area contributed by atoms with Gasteiger partial charge in [0.15, 0.2) is 0 Å². The van der Waals surface area contributed by atoms with Gasteiger partial charge in [0.05, 0.1) is 23.7 Å². The average Bonchev–Trinajstić information content (AvgIpc) is 2.71. The molecule has 0 bridgehead atoms. The molecule has 0 aliphatic carbocycles. The van der Waals surface area contributed by atoms with Crippen LogP contribution in [0.1, 0.15) is 10.4 Å². The molecule has 148 valence electrons. The van der Waals surface area contributed by atoms with E-state index in [0.717, 1.165) is 0 Å². The Hall–Kier alpha value is -2.84. The van der Waals surface area contributed by atoms with Crippen LogP contribution >= 0.6 is 11.6 Å². The van der Waals surface area contributed by atoms with Crippen molar-refractivity contribution < 1.29 is 23.9 Å². The third kappa shape index (κ3) is 5.11. The van der Waals surface area contributed by atoms with E-state index in [4.69, 9.17) is 25.8 Å². The summed E-state index contributed by atoms with van der Waals surface area (Å²) in [4.78, 5) is 25.0. The number of nitrogens with zero attached hydrogens (tertiary/aromatic N) is 2. The molecular weight excluding hydrogens is 388 g/mol. The van der Waals surface area contributed by atoms with Gasteiger partial charge >= 0.3 is 5.97 Å². The highest BCUT2D eigenvalue weighted by Crippen LogP contribution is 2.30. The van der Waals surface area contributed by atoms with E-state index in [1.165, 1.54) is 12.1 Å². The summed E-state index contributed by atoms with van der Waals surface area (Å²) in [5.74, 6) is -0.0830. The van der Waals surface area contributed by atoms with Crippen LogP contribution in [0.2, 0.25) is 5.02 Å². The van der Waals surface area contributed by atoms with E-state index in [0.29, 0.717) is 42.8 Å². The summed E-state index contributed by atoms with van der Waals surface area (Å²) in [6, 6.07) is 11.2. The van der Waals surface area contributed by atoms with Crippen molar-refractivity contribution in [2.45, 2.75) is 0 Å². The molecule has 3 rings (SSSR count). The van der Waals surface area contributed by atoms with E-state index < -0.39 is 10.9 Å². The molecule has 0 amide bonds. The number of hydrogen-bond acceptors (Lipinski definition) is 7. The molecule has 2 aromatic rings. The molecule has 0 radical (unpaired) electrons. The van der Waals surface area contributed by atoms with Crippen molar-refractivity contribution in [3.05, 3.63) is 63.2 Å². The maximum absolute atomic E-state index is 12.2. The first kappa shape index (κ1) is 19.9. The minimum Gasteiger partial charge on any atom is -0.490 e. The zero-order valence-electron chi connectivity index (χ0n) is 15.0. The van der Waals surface area contributed by atoms with Crippen LogP contribution in [0.5, 0.6) is 5.75 Å². The second-order valence-electron chi connectivity index (χ2n) is 6.00. The summed E-state index contributed by atoms with van der Waals surface area (Å²) in [5, 5.41) is 12.0. The number of rotatable bonds is 7. The van der Waals surface area contributed by atoms with Crippen LogP contribution in [0.4, 0.5) is 11.4 Å². The number of ether oxygens (including phenoxy) is 3. The van der Waals surface area contributed by atoms with Gasteiger partial charge in [0, 0.05) is 24.2 Å². The number of nitro groups is 1. The van der Waals surface area contributed by atoms with Gasteiger partial charge in [0.25, 0.3) is 5.69 Å². The molecule has 2 aromatic carbocycles. The maximum atomic E-state index is 12.2. The number of carbonyl (C=O) groups excluding carboxylic acids is 1. The van der Waals surface area contributed by atoms with Crippen molar-refractivity contribution in [3.8, 4) is 5.75 Å². The molecule has 0 unspecified atom stereocenters. The highest BCUT2D eigenvalue weighted by atomic mass is 35.5. The van der Waals surface area contributed by atoms with Crippen LogP contribution in [0, 0.1) is 10.1 Å². The van der Waals surface area contributed by atoms with E-state index in [-0.39, 0.29) is 24.5 Å². The van der Waals surface area contributed by atoms with E-state index in [9.17, 15) is 14.9 Å². The van der Waals surface area contributed by atoms with Crippen LogP contribution in [0.3, 0.4) is 0 Å². The fourth-order valence-electron chi connectivity index (χ4n) is 2.80. The smallest absolute Gasteiger partial charge is 0.338 e. The predicted octanol–water partition coefficient (Wildman–Crippen LogP) is 3.32. The third-order valence-corrected chi connectivity index (χ3v) is 4.38. The molecule has 1 fully saturated rings. The second-order valence-corrected chi connectivity index (χ2v) is 6.44. The van der Waals surface area contributed by atoms with Crippen molar-refractivity contribution in [3.63, 3.8) is 0 Å². The molecule has 0 aromatic heterocycles. The zero-order valence-corrected chi connectivity index (χ0v) is 15.8. The monoisotopic (exact) mass is 406 g/mol. The predicted molar refractivity (Wildman–Crippen MR) is 103 cm³/mol. The first-order valence-electron chi connectivity index (χ1n) is 8.71. The van der Waals surface area contributed by atoms with Gasteiger partial charge in [0.2, 0.25) is 0 Å². The van der Waals surface area contributed by atoms with E-state index in [1.54, 1.807) is 30.3 Å². The quantitative estimate of drug-likeness (QED) is 0.301. The molecule has 8 nitrogen and oxygen atoms in total. The third-order valence-electron chi connectivity index (χ3n) is 4.14. The standard InChI is InChI=1S/C19H19ClN2O6/c20-15-2-1-3-16(13-15)27-10-11-28-19(23)14-4-5-17(18(12-14)22(24)25)21-6-8-26-9-7-21/h1-5,12-13H,6-11H2. The summed E-state index contributed by atoms with van der Waals surface area (Å²) in [7, 11) is 0. The van der Waals surface area contributed by atoms with Crippen LogP contribution in [-0.2, 0) is 9.47 Å². The second kappa shape index (κ2) is 9.38. The molecule has 28 heavy (non-hydrogen) atoms. The number of halogens is 1. The number of esters is 1. The molecule has 1 aliphatic rings. The first-order valence-corrected chi connectivity index (χ1v) is 9.09. The van der Waals surface area contributed by atoms with Crippen molar-refractivity contribution in [2.24, 2.45) is 0 Å². The van der Waals surface area contributed by atoms with Crippen molar-refractivity contribution in [1.82, 2.24) is 0 Å². The molecule has 9 heteroatoms. The Morgan fingerprint density at radius 1 is 1.18 bits per heavy atom. The number of morpholine rings is 1. The minimum atomic E-state index is -0.647. The van der Waals surface area contributed by atoms with Crippen LogP contribution in [0.15, 0.2) is 42.5 Å². The summed E-state index contributed by atoms with van der Waals surface area (Å²) < 4.78 is 15.9. The number of anilines is 1. The van der Waals surface area contributed by atoms with E-state index in [1.807, 2.05) is 4.90 Å². The summed E-state index contributed by atoms with van der Waals surface area (Å²) in [5.41, 5.74) is 0.451. The Kier molecular flexibility index (Phi) is 6.67. The Bertz CT molecular complexity index is 854. The zero-order chi connectivity index (χ0) is 19.9. The number of nitro benzene ring substituents is 1. The van der Waals surface area contributed by atoms with E-state index in [2.05, 4.69) is 0 Å². The highest BCUT2D eigenvalue weighted by molar-refractivity contribution is 6.30. The lowest BCUT2D eigenvalue weighted by atomic mass is 10.1. The normalized spacial score (nSPS) is 13.8. The molecule has 0 N–H and O–H groups in total. The van der Waals surface area contributed by atoms with E-state index >= 15 is 0 Å². The topological polar surface area (TPSA) is 91.1 Å². The minimum absolute atomic E-state index is 0.00432. The number of hydrogen-bond donors (Lipinski definition) is 0. The number of carbonyl (C=O) groups is 1. The largest absolute Gasteiger partial charge is 0.490 e.